The van der Waals surface area contributed by atoms with Crippen LogP contribution in [-0.2, 0) is 16.2 Å². The lowest BCUT2D eigenvalue weighted by atomic mass is 10.2. The molecule has 0 aliphatic carbocycles. The van der Waals surface area contributed by atoms with Crippen molar-refractivity contribution in [3.8, 4) is 11.5 Å². The molecular formula is C25H21N3O5S. The topological polar surface area (TPSA) is 97.8 Å². The minimum Gasteiger partial charge on any atom is -0.493 e. The second kappa shape index (κ2) is 10.7. The van der Waals surface area contributed by atoms with Gasteiger partial charge in [0.25, 0.3) is 11.1 Å². The van der Waals surface area contributed by atoms with Gasteiger partial charge in [0.05, 0.1) is 12.0 Å². The Morgan fingerprint density at radius 2 is 1.82 bits per heavy atom. The first-order chi connectivity index (χ1) is 16.5. The molecule has 9 heteroatoms. The van der Waals surface area contributed by atoms with Crippen molar-refractivity contribution in [3.05, 3.63) is 89.1 Å². The number of benzene rings is 2. The maximum Gasteiger partial charge on any atom is 0.294 e. The van der Waals surface area contributed by atoms with Gasteiger partial charge in [0, 0.05) is 18.1 Å². The normalized spacial score (nSPS) is 14.4. The SMILES string of the molecule is COc1cc(/C=C2\SC(=O)N(CC(=O)Nc3ccccc3)C2=O)ccc1OCc1ccncc1. The molecule has 0 atom stereocenters. The van der Waals surface area contributed by atoms with E-state index in [9.17, 15) is 14.4 Å². The van der Waals surface area contributed by atoms with Crippen LogP contribution in [0.4, 0.5) is 10.5 Å². The molecular weight excluding hydrogens is 454 g/mol. The van der Waals surface area contributed by atoms with E-state index in [2.05, 4.69) is 10.3 Å². The fourth-order valence-corrected chi connectivity index (χ4v) is 4.02. The smallest absolute Gasteiger partial charge is 0.294 e. The number of nitrogens with one attached hydrogen (secondary N) is 1. The zero-order valence-corrected chi connectivity index (χ0v) is 19.1. The molecule has 3 amide bonds. The largest absolute Gasteiger partial charge is 0.493 e. The Hall–Kier alpha value is -4.11. The Kier molecular flexibility index (Phi) is 7.24. The molecule has 2 heterocycles. The molecule has 1 saturated heterocycles. The molecule has 0 bridgehead atoms. The summed E-state index contributed by atoms with van der Waals surface area (Å²) in [5, 5.41) is 2.18. The lowest BCUT2D eigenvalue weighted by molar-refractivity contribution is -0.127. The molecule has 0 radical (unpaired) electrons. The number of rotatable bonds is 8. The number of carbonyl (C=O) groups is 3. The highest BCUT2D eigenvalue weighted by atomic mass is 32.2. The highest BCUT2D eigenvalue weighted by molar-refractivity contribution is 8.18. The highest BCUT2D eigenvalue weighted by Crippen LogP contribution is 2.34. The summed E-state index contributed by atoms with van der Waals surface area (Å²) in [6, 6.07) is 17.8. The van der Waals surface area contributed by atoms with E-state index in [0.29, 0.717) is 29.4 Å². The van der Waals surface area contributed by atoms with Gasteiger partial charge in [0.2, 0.25) is 5.91 Å². The van der Waals surface area contributed by atoms with Gasteiger partial charge in [-0.25, -0.2) is 0 Å². The molecule has 4 rings (SSSR count). The van der Waals surface area contributed by atoms with Gasteiger partial charge in [0.1, 0.15) is 13.2 Å². The molecule has 0 unspecified atom stereocenters. The second-order valence-electron chi connectivity index (χ2n) is 7.24. The fraction of sp³-hybridized carbons (Fsp3) is 0.120. The number of hydrogen-bond donors (Lipinski definition) is 1. The molecule has 172 valence electrons. The van der Waals surface area contributed by atoms with Crippen LogP contribution in [0.2, 0.25) is 0 Å². The summed E-state index contributed by atoms with van der Waals surface area (Å²) in [5.74, 6) is 0.0636. The predicted molar refractivity (Wildman–Crippen MR) is 129 cm³/mol. The molecule has 1 aliphatic rings. The number of anilines is 1. The first kappa shape index (κ1) is 23.1. The number of thioether (sulfide) groups is 1. The van der Waals surface area contributed by atoms with E-state index in [4.69, 9.17) is 9.47 Å². The van der Waals surface area contributed by atoms with Gasteiger partial charge in [-0.1, -0.05) is 24.3 Å². The Morgan fingerprint density at radius 1 is 1.06 bits per heavy atom. The average Bonchev–Trinajstić information content (AvgIpc) is 3.11. The molecule has 2 aromatic carbocycles. The molecule has 1 aromatic heterocycles. The lowest BCUT2D eigenvalue weighted by Gasteiger charge is -2.12. The van der Waals surface area contributed by atoms with Crippen molar-refractivity contribution in [2.75, 3.05) is 19.0 Å². The summed E-state index contributed by atoms with van der Waals surface area (Å²) < 4.78 is 11.3. The Labute approximate surface area is 200 Å². The molecule has 0 spiro atoms. The van der Waals surface area contributed by atoms with Crippen molar-refractivity contribution >= 4 is 40.6 Å². The van der Waals surface area contributed by atoms with Gasteiger partial charge in [-0.05, 0) is 65.4 Å². The van der Waals surface area contributed by atoms with Crippen molar-refractivity contribution in [1.29, 1.82) is 0 Å². The minimum atomic E-state index is -0.518. The van der Waals surface area contributed by atoms with E-state index >= 15 is 0 Å². The number of methoxy groups -OCH3 is 1. The van der Waals surface area contributed by atoms with Crippen LogP contribution >= 0.6 is 11.8 Å². The number of hydrogen-bond acceptors (Lipinski definition) is 7. The average molecular weight is 476 g/mol. The number of pyridine rings is 1. The van der Waals surface area contributed by atoms with Crippen molar-refractivity contribution < 1.29 is 23.9 Å². The predicted octanol–water partition coefficient (Wildman–Crippen LogP) is 4.34. The minimum absolute atomic E-state index is 0.227. The summed E-state index contributed by atoms with van der Waals surface area (Å²) in [6.07, 6.45) is 4.98. The Morgan fingerprint density at radius 3 is 2.56 bits per heavy atom. The number of para-hydroxylation sites is 1. The van der Waals surface area contributed by atoms with E-state index in [0.717, 1.165) is 22.2 Å². The van der Waals surface area contributed by atoms with Gasteiger partial charge in [-0.3, -0.25) is 24.3 Å². The summed E-state index contributed by atoms with van der Waals surface area (Å²) in [6.45, 7) is -0.00976. The van der Waals surface area contributed by atoms with Crippen LogP contribution in [0.1, 0.15) is 11.1 Å². The maximum absolute atomic E-state index is 12.8. The molecule has 3 aromatic rings. The standard InChI is InChI=1S/C25H21N3O5S/c1-32-21-13-18(7-8-20(21)33-16-17-9-11-26-12-10-17)14-22-24(30)28(25(31)34-22)15-23(29)27-19-5-3-2-4-6-19/h2-14H,15-16H2,1H3,(H,27,29)/b22-14-. The summed E-state index contributed by atoms with van der Waals surface area (Å²) >= 11 is 0.791. The number of imide groups is 1. The van der Waals surface area contributed by atoms with Crippen LogP contribution in [-0.4, -0.2) is 40.6 Å². The van der Waals surface area contributed by atoms with Crippen molar-refractivity contribution in [2.24, 2.45) is 0 Å². The molecule has 0 saturated carbocycles. The van der Waals surface area contributed by atoms with Crippen LogP contribution in [0.25, 0.3) is 6.08 Å². The van der Waals surface area contributed by atoms with E-state index < -0.39 is 17.1 Å². The van der Waals surface area contributed by atoms with Crippen molar-refractivity contribution in [2.45, 2.75) is 6.61 Å². The molecule has 34 heavy (non-hydrogen) atoms. The van der Waals surface area contributed by atoms with Gasteiger partial charge >= 0.3 is 0 Å². The van der Waals surface area contributed by atoms with Crippen LogP contribution in [0, 0.1) is 0 Å². The highest BCUT2D eigenvalue weighted by Gasteiger charge is 2.36. The third-order valence-electron chi connectivity index (χ3n) is 4.86. The van der Waals surface area contributed by atoms with Crippen LogP contribution in [0.15, 0.2) is 78.0 Å². The fourth-order valence-electron chi connectivity index (χ4n) is 3.19. The summed E-state index contributed by atoms with van der Waals surface area (Å²) in [7, 11) is 1.53. The van der Waals surface area contributed by atoms with E-state index in [1.165, 1.54) is 7.11 Å². The molecule has 1 fully saturated rings. The van der Waals surface area contributed by atoms with E-state index in [-0.39, 0.29) is 11.4 Å². The Balaban J connectivity index is 1.43. The maximum atomic E-state index is 12.8. The molecule has 1 N–H and O–H groups in total. The van der Waals surface area contributed by atoms with Gasteiger partial charge in [-0.15, -0.1) is 0 Å². The lowest BCUT2D eigenvalue weighted by Crippen LogP contribution is -2.36. The monoisotopic (exact) mass is 475 g/mol. The zero-order chi connectivity index (χ0) is 23.9. The number of amides is 3. The molecule has 8 nitrogen and oxygen atoms in total. The van der Waals surface area contributed by atoms with Gasteiger partial charge in [-0.2, -0.15) is 0 Å². The van der Waals surface area contributed by atoms with E-state index in [1.807, 2.05) is 18.2 Å². The van der Waals surface area contributed by atoms with Crippen LogP contribution in [0.3, 0.4) is 0 Å². The second-order valence-corrected chi connectivity index (χ2v) is 8.23. The zero-order valence-electron chi connectivity index (χ0n) is 18.3. The van der Waals surface area contributed by atoms with Crippen LogP contribution in [0.5, 0.6) is 11.5 Å². The molecule has 1 aliphatic heterocycles. The summed E-state index contributed by atoms with van der Waals surface area (Å²) in [4.78, 5) is 42.6. The third-order valence-corrected chi connectivity index (χ3v) is 5.77. The van der Waals surface area contributed by atoms with Gasteiger partial charge < -0.3 is 14.8 Å². The number of aromatic nitrogens is 1. The van der Waals surface area contributed by atoms with Crippen LogP contribution < -0.4 is 14.8 Å². The van der Waals surface area contributed by atoms with E-state index in [1.54, 1.807) is 60.9 Å². The first-order valence-electron chi connectivity index (χ1n) is 10.3. The van der Waals surface area contributed by atoms with Gasteiger partial charge in [0.15, 0.2) is 11.5 Å². The van der Waals surface area contributed by atoms with Crippen molar-refractivity contribution in [1.82, 2.24) is 9.88 Å². The third kappa shape index (κ3) is 5.62. The number of nitrogens with zero attached hydrogens (tertiary/aromatic N) is 2. The summed E-state index contributed by atoms with van der Waals surface area (Å²) in [5.41, 5.74) is 2.21. The van der Waals surface area contributed by atoms with Crippen molar-refractivity contribution in [3.63, 3.8) is 0 Å². The first-order valence-corrected chi connectivity index (χ1v) is 11.1. The number of carbonyl (C=O) groups excluding carboxylic acids is 3. The Bertz CT molecular complexity index is 1230. The quantitative estimate of drug-likeness (QED) is 0.484. The number of ether oxygens (including phenoxy) is 2.